The molecule has 5 nitrogen and oxygen atoms in total. The van der Waals surface area contributed by atoms with Gasteiger partial charge in [-0.25, -0.2) is 0 Å². The number of guanidine groups is 1. The average molecular weight is 446 g/mol. The molecule has 6 heteroatoms. The van der Waals surface area contributed by atoms with E-state index in [1.807, 2.05) is 7.05 Å². The standard InChI is InChI=1S/C18H30N4O.HI/c1-19-17(20-11-12-22(2)13-14-23-3)21-15-18(9-10-18)16-7-5-4-6-8-16;/h4-8H,9-15H2,1-3H3,(H2,19,20,21);1H. The van der Waals surface area contributed by atoms with Crippen molar-refractivity contribution in [3.63, 3.8) is 0 Å². The molecule has 0 aliphatic heterocycles. The van der Waals surface area contributed by atoms with Crippen molar-refractivity contribution >= 4 is 29.9 Å². The van der Waals surface area contributed by atoms with E-state index in [1.54, 1.807) is 7.11 Å². The predicted octanol–water partition coefficient (Wildman–Crippen LogP) is 2.08. The molecule has 24 heavy (non-hydrogen) atoms. The second-order valence-corrected chi connectivity index (χ2v) is 6.29. The summed E-state index contributed by atoms with van der Waals surface area (Å²) in [6, 6.07) is 10.8. The van der Waals surface area contributed by atoms with Crippen LogP contribution in [0.25, 0.3) is 0 Å². The first-order chi connectivity index (χ1) is 11.2. The first-order valence-electron chi connectivity index (χ1n) is 8.38. The fourth-order valence-corrected chi connectivity index (χ4v) is 2.71. The molecule has 2 N–H and O–H groups in total. The van der Waals surface area contributed by atoms with Crippen molar-refractivity contribution in [1.29, 1.82) is 0 Å². The zero-order chi connectivity index (χ0) is 16.5. The molecule has 0 bridgehead atoms. The van der Waals surface area contributed by atoms with E-state index in [4.69, 9.17) is 4.74 Å². The maximum Gasteiger partial charge on any atom is 0.191 e. The molecule has 1 aliphatic rings. The number of rotatable bonds is 9. The van der Waals surface area contributed by atoms with Gasteiger partial charge in [-0.2, -0.15) is 0 Å². The van der Waals surface area contributed by atoms with Crippen LogP contribution in [0.1, 0.15) is 18.4 Å². The molecule has 136 valence electrons. The Kier molecular flexibility index (Phi) is 9.61. The molecule has 1 aliphatic carbocycles. The van der Waals surface area contributed by atoms with Crippen LogP contribution in [0.2, 0.25) is 0 Å². The summed E-state index contributed by atoms with van der Waals surface area (Å²) in [4.78, 5) is 6.57. The molecular weight excluding hydrogens is 415 g/mol. The highest BCUT2D eigenvalue weighted by molar-refractivity contribution is 14.0. The molecule has 1 aromatic carbocycles. The van der Waals surface area contributed by atoms with E-state index in [0.717, 1.165) is 38.7 Å². The molecule has 0 radical (unpaired) electrons. The number of aliphatic imine (C=N–C) groups is 1. The highest BCUT2D eigenvalue weighted by atomic mass is 127. The largest absolute Gasteiger partial charge is 0.383 e. The Morgan fingerprint density at radius 3 is 2.50 bits per heavy atom. The summed E-state index contributed by atoms with van der Waals surface area (Å²) in [6.45, 7) is 4.49. The lowest BCUT2D eigenvalue weighted by Gasteiger charge is -2.20. The van der Waals surface area contributed by atoms with E-state index in [2.05, 4.69) is 57.9 Å². The third-order valence-electron chi connectivity index (χ3n) is 4.52. The molecular formula is C18H31IN4O. The second-order valence-electron chi connectivity index (χ2n) is 6.29. The fourth-order valence-electron chi connectivity index (χ4n) is 2.71. The van der Waals surface area contributed by atoms with Gasteiger partial charge >= 0.3 is 0 Å². The molecule has 0 aromatic heterocycles. The number of hydrogen-bond donors (Lipinski definition) is 2. The van der Waals surface area contributed by atoms with Crippen LogP contribution in [0.15, 0.2) is 35.3 Å². The Bertz CT molecular complexity index is 491. The molecule has 0 atom stereocenters. The molecule has 0 unspecified atom stereocenters. The SMILES string of the molecule is CN=C(NCCN(C)CCOC)NCC1(c2ccccc2)CC1.I. The van der Waals surface area contributed by atoms with Gasteiger partial charge in [0.05, 0.1) is 6.61 Å². The third kappa shape index (κ3) is 6.57. The molecule has 2 rings (SSSR count). The number of ether oxygens (including phenoxy) is 1. The van der Waals surface area contributed by atoms with E-state index < -0.39 is 0 Å². The van der Waals surface area contributed by atoms with Crippen LogP contribution in [0, 0.1) is 0 Å². The Hall–Kier alpha value is -0.860. The van der Waals surface area contributed by atoms with Gasteiger partial charge in [0.2, 0.25) is 0 Å². The van der Waals surface area contributed by atoms with Crippen molar-refractivity contribution in [1.82, 2.24) is 15.5 Å². The highest BCUT2D eigenvalue weighted by Crippen LogP contribution is 2.47. The molecule has 0 amide bonds. The number of nitrogens with one attached hydrogen (secondary N) is 2. The lowest BCUT2D eigenvalue weighted by molar-refractivity contribution is 0.162. The maximum atomic E-state index is 5.09. The average Bonchev–Trinajstić information content (AvgIpc) is 3.38. The van der Waals surface area contributed by atoms with E-state index >= 15 is 0 Å². The highest BCUT2D eigenvalue weighted by Gasteiger charge is 2.43. The summed E-state index contributed by atoms with van der Waals surface area (Å²) in [7, 11) is 5.66. The Morgan fingerprint density at radius 2 is 1.92 bits per heavy atom. The quantitative estimate of drug-likeness (QED) is 0.347. The predicted molar refractivity (Wildman–Crippen MR) is 112 cm³/mol. The summed E-state index contributed by atoms with van der Waals surface area (Å²) in [5, 5.41) is 6.87. The Morgan fingerprint density at radius 1 is 1.21 bits per heavy atom. The lowest BCUT2D eigenvalue weighted by atomic mass is 9.96. The normalized spacial score (nSPS) is 15.8. The van der Waals surface area contributed by atoms with E-state index in [9.17, 15) is 0 Å². The van der Waals surface area contributed by atoms with Crippen LogP contribution in [-0.2, 0) is 10.2 Å². The molecule has 1 saturated carbocycles. The second kappa shape index (κ2) is 10.9. The van der Waals surface area contributed by atoms with Crippen LogP contribution in [-0.4, -0.2) is 64.9 Å². The number of hydrogen-bond acceptors (Lipinski definition) is 3. The summed E-state index contributed by atoms with van der Waals surface area (Å²) in [6.07, 6.45) is 2.50. The van der Waals surface area contributed by atoms with Gasteiger partial charge in [-0.05, 0) is 25.5 Å². The molecule has 0 spiro atoms. The van der Waals surface area contributed by atoms with Crippen molar-refractivity contribution in [2.75, 3.05) is 54.0 Å². The number of nitrogens with zero attached hydrogens (tertiary/aromatic N) is 2. The Labute approximate surface area is 163 Å². The van der Waals surface area contributed by atoms with Crippen LogP contribution in [0.3, 0.4) is 0 Å². The van der Waals surface area contributed by atoms with Gasteiger partial charge in [-0.3, -0.25) is 4.99 Å². The monoisotopic (exact) mass is 446 g/mol. The van der Waals surface area contributed by atoms with Crippen molar-refractivity contribution in [3.05, 3.63) is 35.9 Å². The first kappa shape index (κ1) is 21.2. The maximum absolute atomic E-state index is 5.09. The van der Waals surface area contributed by atoms with Gasteiger partial charge in [-0.15, -0.1) is 24.0 Å². The van der Waals surface area contributed by atoms with Crippen molar-refractivity contribution in [2.24, 2.45) is 4.99 Å². The minimum Gasteiger partial charge on any atom is -0.383 e. The van der Waals surface area contributed by atoms with Gasteiger partial charge in [-0.1, -0.05) is 30.3 Å². The molecule has 1 aromatic rings. The van der Waals surface area contributed by atoms with Crippen LogP contribution in [0.5, 0.6) is 0 Å². The van der Waals surface area contributed by atoms with Crippen LogP contribution < -0.4 is 10.6 Å². The number of methoxy groups -OCH3 is 1. The number of benzene rings is 1. The van der Waals surface area contributed by atoms with Crippen molar-refractivity contribution in [2.45, 2.75) is 18.3 Å². The minimum absolute atomic E-state index is 0. The first-order valence-corrected chi connectivity index (χ1v) is 8.38. The van der Waals surface area contributed by atoms with Gasteiger partial charge in [0.1, 0.15) is 0 Å². The topological polar surface area (TPSA) is 48.9 Å². The van der Waals surface area contributed by atoms with Crippen LogP contribution >= 0.6 is 24.0 Å². The number of halogens is 1. The summed E-state index contributed by atoms with van der Waals surface area (Å²) < 4.78 is 5.09. The molecule has 1 fully saturated rings. The summed E-state index contributed by atoms with van der Waals surface area (Å²) >= 11 is 0. The summed E-state index contributed by atoms with van der Waals surface area (Å²) in [5.74, 6) is 0.882. The smallest absolute Gasteiger partial charge is 0.191 e. The Balaban J connectivity index is 0.00000288. The van der Waals surface area contributed by atoms with Gasteiger partial charge in [0.15, 0.2) is 5.96 Å². The van der Waals surface area contributed by atoms with E-state index in [0.29, 0.717) is 5.41 Å². The third-order valence-corrected chi connectivity index (χ3v) is 4.52. The van der Waals surface area contributed by atoms with Crippen molar-refractivity contribution < 1.29 is 4.74 Å². The molecule has 0 saturated heterocycles. The van der Waals surface area contributed by atoms with E-state index in [1.165, 1.54) is 18.4 Å². The van der Waals surface area contributed by atoms with Gasteiger partial charge < -0.3 is 20.3 Å². The van der Waals surface area contributed by atoms with Crippen LogP contribution in [0.4, 0.5) is 0 Å². The summed E-state index contributed by atoms with van der Waals surface area (Å²) in [5.41, 5.74) is 1.73. The number of likely N-dealkylation sites (N-methyl/N-ethyl adjacent to an activating group) is 1. The van der Waals surface area contributed by atoms with Gasteiger partial charge in [0.25, 0.3) is 0 Å². The fraction of sp³-hybridized carbons (Fsp3) is 0.611. The zero-order valence-electron chi connectivity index (χ0n) is 15.0. The van der Waals surface area contributed by atoms with Crippen molar-refractivity contribution in [3.8, 4) is 0 Å². The van der Waals surface area contributed by atoms with Gasteiger partial charge in [0, 0.05) is 45.8 Å². The molecule has 0 heterocycles. The minimum atomic E-state index is 0. The zero-order valence-corrected chi connectivity index (χ0v) is 17.4. The van der Waals surface area contributed by atoms with E-state index in [-0.39, 0.29) is 24.0 Å². The lowest BCUT2D eigenvalue weighted by Crippen LogP contribution is -2.43.